The molecule has 103 heavy (non-hydrogen) atoms. The molecule has 0 aromatic heterocycles. The first-order valence-electron chi connectivity index (χ1n) is 40.6. The molecule has 0 bridgehead atoms. The van der Waals surface area contributed by atoms with Crippen molar-refractivity contribution in [1.82, 2.24) is 0 Å². The molecule has 5 nitrogen and oxygen atoms in total. The zero-order valence-electron chi connectivity index (χ0n) is 69.2. The molecule has 4 heterocycles. The number of fused-ring (bicyclic) bond motifs is 9. The van der Waals surface area contributed by atoms with Gasteiger partial charge in [-0.25, -0.2) is 0 Å². The van der Waals surface area contributed by atoms with E-state index in [2.05, 4.69) is 212 Å². The number of para-hydroxylation sites is 5. The monoisotopic (exact) mass is 1340 g/mol. The predicted octanol–water partition coefficient (Wildman–Crippen LogP) is 22.2. The molecule has 18 rings (SSSR count). The van der Waals surface area contributed by atoms with E-state index in [0.717, 1.165) is 83.7 Å². The third-order valence-electron chi connectivity index (χ3n) is 20.9. The Morgan fingerprint density at radius 3 is 1.27 bits per heavy atom. The Morgan fingerprint density at radius 2 is 0.748 bits per heavy atom. The van der Waals surface area contributed by atoms with E-state index >= 15 is 0 Å². The number of hydrogen-bond acceptors (Lipinski definition) is 5. The van der Waals surface area contributed by atoms with Crippen molar-refractivity contribution in [2.24, 2.45) is 0 Å². The van der Waals surface area contributed by atoms with Gasteiger partial charge in [-0.1, -0.05) is 281 Å². The van der Waals surface area contributed by atoms with Crippen LogP contribution in [0.5, 0.6) is 11.5 Å². The Kier molecular flexibility index (Phi) is 12.6. The van der Waals surface area contributed by atoms with E-state index in [9.17, 15) is 12.3 Å². The minimum Gasteiger partial charge on any atom is -0.456 e. The van der Waals surface area contributed by atoms with E-state index in [-0.39, 0.29) is 65.4 Å². The lowest BCUT2D eigenvalue weighted by Gasteiger charge is -2.49. The standard InChI is InChI=1S/C96H80B2N4O/c1-94(2,3)67-55-74(63-35-17-10-18-36-63)90(75(56-67)64-37-19-11-20-38-64)101-83-61-73(99(70-43-25-14-26-44-70)71-45-27-15-28-46-71)53-54-79(83)98-81-62-86-89-93(103-87-52-34-32-50-80(87)97(89)78-49-31-33-51-82(78)100(86)72-47-29-16-30-48-72)92(81)102(85-60-69(96(7,8)9)59-84(101)88(85)98)91-76(65-39-21-12-22-40-65)57-68(95(4,5)6)58-77(91)66-41-23-13-24-42-66/h10-62H,1-9H3/i16D,29D,30D,31D,33D,47D,49D,53D,54D,61D. The zero-order valence-corrected chi connectivity index (χ0v) is 59.2. The quantitative estimate of drug-likeness (QED) is 0.127. The van der Waals surface area contributed by atoms with Crippen molar-refractivity contribution in [2.45, 2.75) is 78.6 Å². The molecule has 7 heteroatoms. The summed E-state index contributed by atoms with van der Waals surface area (Å²) in [7, 11) is 0. The van der Waals surface area contributed by atoms with E-state index in [1.54, 1.807) is 11.0 Å². The fourth-order valence-electron chi connectivity index (χ4n) is 15.9. The minimum atomic E-state index is -1.09. The van der Waals surface area contributed by atoms with Crippen molar-refractivity contribution in [3.8, 4) is 56.0 Å². The Balaban J connectivity index is 1.12. The van der Waals surface area contributed by atoms with Crippen molar-refractivity contribution >= 4 is 114 Å². The second kappa shape index (κ2) is 24.5. The Morgan fingerprint density at radius 1 is 0.320 bits per heavy atom. The molecule has 0 radical (unpaired) electrons. The number of hydrogen-bond donors (Lipinski definition) is 0. The van der Waals surface area contributed by atoms with E-state index < -0.39 is 41.8 Å². The molecule has 0 aliphatic carbocycles. The second-order valence-electron chi connectivity index (χ2n) is 30.4. The van der Waals surface area contributed by atoms with Crippen LogP contribution in [0.3, 0.4) is 0 Å². The highest BCUT2D eigenvalue weighted by atomic mass is 16.5. The van der Waals surface area contributed by atoms with Gasteiger partial charge in [-0.3, -0.25) is 0 Å². The average molecular weight is 1340 g/mol. The maximum absolute atomic E-state index is 11.9. The number of ether oxygens (including phenoxy) is 1. The molecule has 0 amide bonds. The number of rotatable bonds is 10. The smallest absolute Gasteiger partial charge is 0.256 e. The largest absolute Gasteiger partial charge is 0.456 e. The molecular formula is C96H80B2N4O. The van der Waals surface area contributed by atoms with Gasteiger partial charge in [0.15, 0.2) is 0 Å². The normalized spacial score (nSPS) is 14.6. The van der Waals surface area contributed by atoms with Gasteiger partial charge in [-0.15, -0.1) is 0 Å². The van der Waals surface area contributed by atoms with Gasteiger partial charge in [0.25, 0.3) is 13.4 Å². The van der Waals surface area contributed by atoms with Crippen LogP contribution in [0, 0.1) is 0 Å². The topological polar surface area (TPSA) is 22.2 Å². The van der Waals surface area contributed by atoms with Crippen molar-refractivity contribution in [3.05, 3.63) is 338 Å². The molecule has 0 fully saturated rings. The van der Waals surface area contributed by atoms with Crippen LogP contribution < -0.4 is 57.1 Å². The lowest BCUT2D eigenvalue weighted by Crippen LogP contribution is -2.64. The van der Waals surface area contributed by atoms with Crippen LogP contribution >= 0.6 is 0 Å². The fourth-order valence-corrected chi connectivity index (χ4v) is 15.9. The second-order valence-corrected chi connectivity index (χ2v) is 30.4. The molecule has 14 aromatic rings. The number of anilines is 12. The van der Waals surface area contributed by atoms with Crippen LogP contribution in [0.15, 0.2) is 321 Å². The van der Waals surface area contributed by atoms with E-state index in [4.69, 9.17) is 6.11 Å². The van der Waals surface area contributed by atoms with Gasteiger partial charge in [-0.05, 0) is 191 Å². The van der Waals surface area contributed by atoms with Crippen LogP contribution in [0.2, 0.25) is 0 Å². The molecule has 0 N–H and O–H groups in total. The first-order chi connectivity index (χ1) is 54.2. The summed E-state index contributed by atoms with van der Waals surface area (Å²) in [5.74, 6) is 0.796. The van der Waals surface area contributed by atoms with Crippen molar-refractivity contribution in [2.75, 3.05) is 19.6 Å². The maximum Gasteiger partial charge on any atom is 0.256 e. The van der Waals surface area contributed by atoms with Gasteiger partial charge in [0, 0.05) is 73.4 Å². The SMILES string of the molecule is [2H]c1cc(N2c3cc([2H])c([2H])c([2H])c3B3c4ccccc4Oc4c3c2cc2c4N(c3c(-c4ccccc4)cc(C(C)(C)C)cc3-c3ccccc3)c3cc(C(C)(C)C)cc4c3B2c2c([2H])c([2H])c(N(c3ccccc3)c3ccccc3)c([2H])c2N4c2c(-c3ccccc3)cc(C(C)(C)C)cc2-c2ccccc2)c([2H])c([2H])c1[2H]. The third kappa shape index (κ3) is 10.6. The summed E-state index contributed by atoms with van der Waals surface area (Å²) in [5, 5.41) is 0. The summed E-state index contributed by atoms with van der Waals surface area (Å²) < 4.78 is 110. The van der Waals surface area contributed by atoms with Crippen molar-refractivity contribution in [1.29, 1.82) is 0 Å². The van der Waals surface area contributed by atoms with Crippen LogP contribution in [0.1, 0.15) is 92.7 Å². The van der Waals surface area contributed by atoms with E-state index in [1.807, 2.05) is 114 Å². The van der Waals surface area contributed by atoms with Crippen LogP contribution in [0.4, 0.5) is 68.2 Å². The first-order valence-corrected chi connectivity index (χ1v) is 35.6. The van der Waals surface area contributed by atoms with Gasteiger partial charge >= 0.3 is 0 Å². The summed E-state index contributed by atoms with van der Waals surface area (Å²) in [6.07, 6.45) is 0. The molecule has 0 spiro atoms. The molecule has 0 saturated carbocycles. The first kappa shape index (κ1) is 53.1. The van der Waals surface area contributed by atoms with Gasteiger partial charge in [0.05, 0.1) is 30.8 Å². The molecule has 0 atom stereocenters. The lowest BCUT2D eigenvalue weighted by atomic mass is 9.31. The Bertz CT molecular complexity index is 6090. The number of benzene rings is 14. The molecule has 4 aliphatic heterocycles. The highest BCUT2D eigenvalue weighted by molar-refractivity contribution is 7.02. The molecular weight excluding hydrogens is 1250 g/mol. The van der Waals surface area contributed by atoms with E-state index in [1.165, 1.54) is 6.07 Å². The average Bonchev–Trinajstić information content (AvgIpc) is 0.667. The molecule has 14 aromatic carbocycles. The molecule has 4 aliphatic rings. The van der Waals surface area contributed by atoms with Crippen molar-refractivity contribution in [3.63, 3.8) is 0 Å². The van der Waals surface area contributed by atoms with E-state index in [0.29, 0.717) is 72.9 Å². The fraction of sp³-hybridized carbons (Fsp3) is 0.125. The molecule has 0 saturated heterocycles. The molecule has 0 unspecified atom stereocenters. The van der Waals surface area contributed by atoms with Gasteiger partial charge < -0.3 is 24.3 Å². The van der Waals surface area contributed by atoms with Gasteiger partial charge in [-0.2, -0.15) is 0 Å². The van der Waals surface area contributed by atoms with Crippen LogP contribution in [0.25, 0.3) is 44.5 Å². The lowest BCUT2D eigenvalue weighted by molar-refractivity contribution is 0.489. The third-order valence-corrected chi connectivity index (χ3v) is 20.9. The van der Waals surface area contributed by atoms with Crippen LogP contribution in [-0.4, -0.2) is 13.4 Å². The zero-order chi connectivity index (χ0) is 78.7. The van der Waals surface area contributed by atoms with Gasteiger partial charge in [0.1, 0.15) is 11.5 Å². The summed E-state index contributed by atoms with van der Waals surface area (Å²) in [6, 6.07) is 85.1. The predicted molar refractivity (Wildman–Crippen MR) is 439 cm³/mol. The maximum atomic E-state index is 11.9. The summed E-state index contributed by atoms with van der Waals surface area (Å²) in [6.45, 7) is 18.1. The summed E-state index contributed by atoms with van der Waals surface area (Å²) in [4.78, 5) is 8.33. The van der Waals surface area contributed by atoms with Crippen LogP contribution in [-0.2, 0) is 16.2 Å². The summed E-state index contributed by atoms with van der Waals surface area (Å²) >= 11 is 0. The van der Waals surface area contributed by atoms with Crippen molar-refractivity contribution < 1.29 is 18.4 Å². The van der Waals surface area contributed by atoms with Gasteiger partial charge in [0.2, 0.25) is 0 Å². The Labute approximate surface area is 621 Å². The number of nitrogens with zero attached hydrogens (tertiary/aromatic N) is 4. The highest BCUT2D eigenvalue weighted by Crippen LogP contribution is 2.58. The molecule has 496 valence electrons. The summed E-state index contributed by atoms with van der Waals surface area (Å²) in [5.41, 5.74) is 18.0. The highest BCUT2D eigenvalue weighted by Gasteiger charge is 2.52. The Hall–Kier alpha value is -11.8. The minimum absolute atomic E-state index is 0.0257.